The molecule has 0 aromatic carbocycles. The molecular weight excluding hydrogens is 388 g/mol. The van der Waals surface area contributed by atoms with Gasteiger partial charge in [-0.05, 0) is 30.6 Å². The molecule has 3 fully saturated rings. The highest BCUT2D eigenvalue weighted by atomic mass is 16.7. The minimum absolute atomic E-state index is 0.0250. The fourth-order valence-corrected chi connectivity index (χ4v) is 6.11. The fourth-order valence-electron chi connectivity index (χ4n) is 6.11. The number of nitriles is 3. The molecule has 2 aliphatic heterocycles. The number of ether oxygens (including phenoxy) is 2. The lowest BCUT2D eigenvalue weighted by Crippen LogP contribution is -2.64. The maximum Gasteiger partial charge on any atom is 0.217 e. The van der Waals surface area contributed by atoms with Gasteiger partial charge in [-0.1, -0.05) is 66.2 Å². The predicted molar refractivity (Wildman–Crippen MR) is 116 cm³/mol. The Morgan fingerprint density at radius 1 is 1.03 bits per heavy atom. The van der Waals surface area contributed by atoms with Crippen LogP contribution in [0.1, 0.15) is 91.9 Å². The second-order valence-corrected chi connectivity index (χ2v) is 10.7. The molecule has 2 heterocycles. The van der Waals surface area contributed by atoms with Crippen LogP contribution in [0.2, 0.25) is 0 Å². The first-order valence-electron chi connectivity index (χ1n) is 11.9. The Morgan fingerprint density at radius 2 is 1.68 bits per heavy atom. The summed E-state index contributed by atoms with van der Waals surface area (Å²) in [4.78, 5) is 0. The van der Waals surface area contributed by atoms with Crippen molar-refractivity contribution in [2.45, 2.75) is 104 Å². The van der Waals surface area contributed by atoms with E-state index in [1.165, 1.54) is 19.3 Å². The zero-order valence-corrected chi connectivity index (χ0v) is 19.5. The molecule has 0 radical (unpaired) electrons. The molecule has 2 saturated heterocycles. The summed E-state index contributed by atoms with van der Waals surface area (Å²) in [7, 11) is 0. The summed E-state index contributed by atoms with van der Waals surface area (Å²) in [6, 6.07) is 6.66. The topological polar surface area (TPSA) is 114 Å². The van der Waals surface area contributed by atoms with Gasteiger partial charge in [0.1, 0.15) is 0 Å². The lowest BCUT2D eigenvalue weighted by molar-refractivity contribution is -0.299. The van der Waals surface area contributed by atoms with Gasteiger partial charge in [0.05, 0.1) is 30.2 Å². The normalized spacial score (nSPS) is 35.9. The molecular formula is C25H36N4O2. The van der Waals surface area contributed by atoms with Crippen molar-refractivity contribution in [3.63, 3.8) is 0 Å². The Morgan fingerprint density at radius 3 is 2.26 bits per heavy atom. The molecule has 6 heteroatoms. The highest BCUT2D eigenvalue weighted by molar-refractivity contribution is 5.89. The number of nitrogens with zero attached hydrogens (tertiary/aromatic N) is 3. The summed E-state index contributed by atoms with van der Waals surface area (Å²) in [5.41, 5.74) is -3.28. The van der Waals surface area contributed by atoms with Crippen molar-refractivity contribution < 1.29 is 9.47 Å². The van der Waals surface area contributed by atoms with Gasteiger partial charge in [-0.3, -0.25) is 5.41 Å². The minimum Gasteiger partial charge on any atom is -0.447 e. The van der Waals surface area contributed by atoms with E-state index in [-0.39, 0.29) is 11.3 Å². The Kier molecular flexibility index (Phi) is 6.42. The zero-order valence-electron chi connectivity index (χ0n) is 19.5. The van der Waals surface area contributed by atoms with Crippen molar-refractivity contribution in [3.05, 3.63) is 0 Å². The van der Waals surface area contributed by atoms with Gasteiger partial charge in [-0.15, -0.1) is 0 Å². The SMILES string of the molecule is CCCCCCCCC1OC23CCC(C(C)(C)C)CC2C(C#N)(C(=N)O3)C1(C#N)C#N. The van der Waals surface area contributed by atoms with Crippen LogP contribution in [0.5, 0.6) is 0 Å². The zero-order chi connectivity index (χ0) is 22.9. The van der Waals surface area contributed by atoms with Crippen LogP contribution in [0.3, 0.4) is 0 Å². The van der Waals surface area contributed by atoms with Crippen molar-refractivity contribution in [2.75, 3.05) is 0 Å². The van der Waals surface area contributed by atoms with Crippen LogP contribution < -0.4 is 0 Å². The molecule has 5 unspecified atom stereocenters. The van der Waals surface area contributed by atoms with E-state index in [1.54, 1.807) is 0 Å². The third-order valence-electron chi connectivity index (χ3n) is 8.07. The Balaban J connectivity index is 1.94. The number of nitrogens with one attached hydrogen (secondary N) is 1. The average Bonchev–Trinajstić information content (AvgIpc) is 2.94. The largest absolute Gasteiger partial charge is 0.447 e. The van der Waals surface area contributed by atoms with Gasteiger partial charge in [0.15, 0.2) is 10.8 Å². The highest BCUT2D eigenvalue weighted by Gasteiger charge is 2.80. The molecule has 0 aromatic rings. The summed E-state index contributed by atoms with van der Waals surface area (Å²) in [6.07, 6.45) is 8.42. The molecule has 1 aliphatic carbocycles. The fraction of sp³-hybridized carbons (Fsp3) is 0.840. The van der Waals surface area contributed by atoms with E-state index in [1.807, 2.05) is 0 Å². The van der Waals surface area contributed by atoms with Crippen molar-refractivity contribution in [1.29, 1.82) is 21.2 Å². The predicted octanol–water partition coefficient (Wildman–Crippen LogP) is 5.85. The third-order valence-corrected chi connectivity index (χ3v) is 8.07. The molecule has 168 valence electrons. The van der Waals surface area contributed by atoms with Crippen molar-refractivity contribution in [3.8, 4) is 18.2 Å². The summed E-state index contributed by atoms with van der Waals surface area (Å²) in [6.45, 7) is 8.71. The third kappa shape index (κ3) is 3.43. The highest BCUT2D eigenvalue weighted by Crippen LogP contribution is 2.68. The van der Waals surface area contributed by atoms with E-state index in [4.69, 9.17) is 14.9 Å². The van der Waals surface area contributed by atoms with E-state index in [0.29, 0.717) is 25.2 Å². The second-order valence-electron chi connectivity index (χ2n) is 10.7. The average molecular weight is 425 g/mol. The van der Waals surface area contributed by atoms with E-state index >= 15 is 0 Å². The molecule has 31 heavy (non-hydrogen) atoms. The second kappa shape index (κ2) is 8.44. The van der Waals surface area contributed by atoms with Crippen LogP contribution in [0.25, 0.3) is 0 Å². The molecule has 2 bridgehead atoms. The van der Waals surface area contributed by atoms with Crippen LogP contribution in [0.15, 0.2) is 0 Å². The summed E-state index contributed by atoms with van der Waals surface area (Å²) < 4.78 is 12.5. The number of hydrogen-bond donors (Lipinski definition) is 1. The van der Waals surface area contributed by atoms with Crippen LogP contribution in [-0.4, -0.2) is 17.8 Å². The molecule has 1 saturated carbocycles. The van der Waals surface area contributed by atoms with E-state index in [0.717, 1.165) is 25.7 Å². The standard InChI is InChI=1S/C25H36N4O2/c1-5-6-7-8-9-10-11-20-23(15-26,16-27)24(17-28)19-14-18(22(2,3)4)12-13-25(19,30-20)31-21(24)29/h18-20,29H,5-14H2,1-4H3. The minimum atomic E-state index is -1.73. The molecule has 3 rings (SSSR count). The molecule has 0 amide bonds. The first-order chi connectivity index (χ1) is 14.7. The van der Waals surface area contributed by atoms with Crippen LogP contribution in [0, 0.1) is 67.5 Å². The van der Waals surface area contributed by atoms with Gasteiger partial charge >= 0.3 is 0 Å². The molecule has 1 N–H and O–H groups in total. The Bertz CT molecular complexity index is 812. The molecule has 0 spiro atoms. The maximum atomic E-state index is 10.4. The van der Waals surface area contributed by atoms with Gasteiger partial charge in [-0.25, -0.2) is 0 Å². The monoisotopic (exact) mass is 424 g/mol. The number of unbranched alkanes of at least 4 members (excludes halogenated alkanes) is 5. The summed E-state index contributed by atoms with van der Waals surface area (Å²) in [5, 5.41) is 39.6. The Labute approximate surface area is 187 Å². The number of hydrogen-bond acceptors (Lipinski definition) is 6. The quantitative estimate of drug-likeness (QED) is 0.515. The van der Waals surface area contributed by atoms with Gasteiger partial charge in [0, 0.05) is 6.42 Å². The Hall–Kier alpha value is -2.10. The first kappa shape index (κ1) is 23.6. The van der Waals surface area contributed by atoms with Gasteiger partial charge in [-0.2, -0.15) is 15.8 Å². The van der Waals surface area contributed by atoms with Crippen LogP contribution in [0.4, 0.5) is 0 Å². The maximum absolute atomic E-state index is 10.4. The lowest BCUT2D eigenvalue weighted by atomic mass is 9.49. The van der Waals surface area contributed by atoms with E-state index in [2.05, 4.69) is 45.9 Å². The van der Waals surface area contributed by atoms with Crippen molar-refractivity contribution in [1.82, 2.24) is 0 Å². The van der Waals surface area contributed by atoms with E-state index < -0.39 is 28.6 Å². The van der Waals surface area contributed by atoms with Crippen LogP contribution >= 0.6 is 0 Å². The van der Waals surface area contributed by atoms with Crippen molar-refractivity contribution >= 4 is 5.90 Å². The summed E-state index contributed by atoms with van der Waals surface area (Å²) in [5.74, 6) is -1.47. The first-order valence-corrected chi connectivity index (χ1v) is 11.9. The lowest BCUT2D eigenvalue weighted by Gasteiger charge is -2.54. The molecule has 0 aromatic heterocycles. The summed E-state index contributed by atoms with van der Waals surface area (Å²) >= 11 is 0. The smallest absolute Gasteiger partial charge is 0.217 e. The number of rotatable bonds is 7. The van der Waals surface area contributed by atoms with Gasteiger partial charge in [0.25, 0.3) is 0 Å². The molecule has 6 nitrogen and oxygen atoms in total. The van der Waals surface area contributed by atoms with Gasteiger partial charge in [0.2, 0.25) is 11.7 Å². The molecule has 5 atom stereocenters. The van der Waals surface area contributed by atoms with E-state index in [9.17, 15) is 15.8 Å². The van der Waals surface area contributed by atoms with Crippen molar-refractivity contribution in [2.24, 2.45) is 28.1 Å². The molecule has 3 aliphatic rings. The van der Waals surface area contributed by atoms with Crippen LogP contribution in [-0.2, 0) is 9.47 Å². The van der Waals surface area contributed by atoms with Gasteiger partial charge < -0.3 is 9.47 Å².